The Hall–Kier alpha value is -1.61. The van der Waals surface area contributed by atoms with E-state index < -0.39 is 0 Å². The van der Waals surface area contributed by atoms with Crippen molar-refractivity contribution in [1.82, 2.24) is 4.98 Å². The fourth-order valence-electron chi connectivity index (χ4n) is 1.89. The van der Waals surface area contributed by atoms with E-state index in [2.05, 4.69) is 4.98 Å². The summed E-state index contributed by atoms with van der Waals surface area (Å²) in [5.41, 5.74) is 2.05. The molecule has 1 atom stereocenters. The summed E-state index contributed by atoms with van der Waals surface area (Å²) in [5, 5.41) is 9.06. The van der Waals surface area contributed by atoms with Gasteiger partial charge < -0.3 is 10.1 Å². The number of aromatic nitrogens is 1. The van der Waals surface area contributed by atoms with Crippen LogP contribution in [0.5, 0.6) is 0 Å². The number of benzene rings is 1. The summed E-state index contributed by atoms with van der Waals surface area (Å²) in [6.45, 7) is 0.112. The number of aliphatic hydroxyl groups is 1. The molecule has 2 aromatic rings. The number of aromatic amines is 1. The Kier molecular flexibility index (Phi) is 3.37. The summed E-state index contributed by atoms with van der Waals surface area (Å²) in [6, 6.07) is 10.3. The van der Waals surface area contributed by atoms with Crippen molar-refractivity contribution in [3.63, 3.8) is 0 Å². The van der Waals surface area contributed by atoms with Gasteiger partial charge in [0.2, 0.25) is 0 Å². The number of aliphatic hydroxyl groups excluding tert-OH is 1. The topological polar surface area (TPSA) is 36.0 Å². The van der Waals surface area contributed by atoms with Gasteiger partial charge >= 0.3 is 0 Å². The number of nitrogens with one attached hydrogen (secondary N) is 1. The highest BCUT2D eigenvalue weighted by Gasteiger charge is 2.14. The number of rotatable bonds is 4. The van der Waals surface area contributed by atoms with Crippen LogP contribution < -0.4 is 0 Å². The summed E-state index contributed by atoms with van der Waals surface area (Å²) in [7, 11) is 0. The van der Waals surface area contributed by atoms with Gasteiger partial charge in [-0.15, -0.1) is 0 Å². The molecule has 1 unspecified atom stereocenters. The number of halogens is 1. The van der Waals surface area contributed by atoms with Crippen molar-refractivity contribution in [3.05, 3.63) is 59.7 Å². The van der Waals surface area contributed by atoms with E-state index >= 15 is 0 Å². The molecule has 1 aromatic heterocycles. The van der Waals surface area contributed by atoms with Crippen molar-refractivity contribution in [2.75, 3.05) is 6.61 Å². The summed E-state index contributed by atoms with van der Waals surface area (Å²) < 4.78 is 12.8. The molecule has 1 aromatic carbocycles. The highest BCUT2D eigenvalue weighted by atomic mass is 19.1. The first kappa shape index (κ1) is 10.9. The Morgan fingerprint density at radius 3 is 2.50 bits per heavy atom. The van der Waals surface area contributed by atoms with Crippen LogP contribution in [0.25, 0.3) is 0 Å². The van der Waals surface area contributed by atoms with Crippen molar-refractivity contribution >= 4 is 0 Å². The first-order valence-electron chi connectivity index (χ1n) is 5.31. The van der Waals surface area contributed by atoms with Crippen LogP contribution in [0.1, 0.15) is 23.6 Å². The Bertz CT molecular complexity index is 422. The van der Waals surface area contributed by atoms with E-state index in [1.165, 1.54) is 12.1 Å². The van der Waals surface area contributed by atoms with E-state index in [9.17, 15) is 4.39 Å². The summed E-state index contributed by atoms with van der Waals surface area (Å²) >= 11 is 0. The smallest absolute Gasteiger partial charge is 0.123 e. The molecule has 0 saturated heterocycles. The lowest BCUT2D eigenvalue weighted by atomic mass is 9.93. The molecule has 0 radical (unpaired) electrons. The fraction of sp³-hybridized carbons (Fsp3) is 0.231. The van der Waals surface area contributed by atoms with Gasteiger partial charge in [0.25, 0.3) is 0 Å². The summed E-state index contributed by atoms with van der Waals surface area (Å²) in [6.07, 6.45) is 2.48. The molecule has 0 bridgehead atoms. The molecule has 1 heterocycles. The molecule has 84 valence electrons. The zero-order valence-corrected chi connectivity index (χ0v) is 8.86. The van der Waals surface area contributed by atoms with Crippen molar-refractivity contribution in [3.8, 4) is 0 Å². The average Bonchev–Trinajstić information content (AvgIpc) is 2.81. The van der Waals surface area contributed by atoms with Crippen molar-refractivity contribution in [2.45, 2.75) is 12.3 Å². The van der Waals surface area contributed by atoms with Gasteiger partial charge in [-0.1, -0.05) is 12.1 Å². The van der Waals surface area contributed by atoms with Crippen LogP contribution in [0, 0.1) is 5.82 Å². The first-order valence-corrected chi connectivity index (χ1v) is 5.31. The quantitative estimate of drug-likeness (QED) is 0.814. The zero-order chi connectivity index (χ0) is 11.4. The minimum Gasteiger partial charge on any atom is -0.396 e. The summed E-state index contributed by atoms with van der Waals surface area (Å²) in [4.78, 5) is 3.13. The Balaban J connectivity index is 2.29. The van der Waals surface area contributed by atoms with E-state index in [1.54, 1.807) is 12.1 Å². The van der Waals surface area contributed by atoms with Gasteiger partial charge in [0.1, 0.15) is 5.82 Å². The number of hydrogen-bond donors (Lipinski definition) is 2. The van der Waals surface area contributed by atoms with E-state index in [1.807, 2.05) is 18.3 Å². The molecule has 0 aliphatic rings. The highest BCUT2D eigenvalue weighted by molar-refractivity contribution is 5.28. The maximum atomic E-state index is 12.8. The molecule has 0 saturated carbocycles. The van der Waals surface area contributed by atoms with E-state index in [4.69, 9.17) is 5.11 Å². The molecule has 0 aliphatic carbocycles. The molecular weight excluding hydrogens is 205 g/mol. The van der Waals surface area contributed by atoms with Crippen LogP contribution in [-0.2, 0) is 0 Å². The van der Waals surface area contributed by atoms with Gasteiger partial charge in [-0.2, -0.15) is 0 Å². The lowest BCUT2D eigenvalue weighted by Crippen LogP contribution is -2.04. The van der Waals surface area contributed by atoms with Crippen LogP contribution in [0.2, 0.25) is 0 Å². The molecular formula is C13H14FNO. The minimum absolute atomic E-state index is 0.0978. The maximum Gasteiger partial charge on any atom is 0.123 e. The largest absolute Gasteiger partial charge is 0.396 e. The van der Waals surface area contributed by atoms with Crippen molar-refractivity contribution in [2.24, 2.45) is 0 Å². The molecule has 16 heavy (non-hydrogen) atoms. The predicted octanol–water partition coefficient (Wildman–Crippen LogP) is 2.67. The minimum atomic E-state index is -0.238. The predicted molar refractivity (Wildman–Crippen MR) is 60.7 cm³/mol. The first-order chi connectivity index (χ1) is 7.81. The van der Waals surface area contributed by atoms with Crippen LogP contribution in [0.4, 0.5) is 4.39 Å². The van der Waals surface area contributed by atoms with Crippen molar-refractivity contribution < 1.29 is 9.50 Å². The second kappa shape index (κ2) is 4.94. The van der Waals surface area contributed by atoms with E-state index in [0.717, 1.165) is 11.3 Å². The Labute approximate surface area is 93.8 Å². The number of hydrogen-bond acceptors (Lipinski definition) is 1. The zero-order valence-electron chi connectivity index (χ0n) is 8.86. The van der Waals surface area contributed by atoms with E-state index in [0.29, 0.717) is 6.42 Å². The molecule has 0 spiro atoms. The normalized spacial score (nSPS) is 12.6. The van der Waals surface area contributed by atoms with Crippen molar-refractivity contribution in [1.29, 1.82) is 0 Å². The SMILES string of the molecule is OCCC(c1ccc(F)cc1)c1ccc[nH]1. The van der Waals surface area contributed by atoms with Gasteiger partial charge in [-0.3, -0.25) is 0 Å². The average molecular weight is 219 g/mol. The molecule has 2 N–H and O–H groups in total. The third kappa shape index (κ3) is 2.31. The van der Waals surface area contributed by atoms with Gasteiger partial charge in [-0.05, 0) is 36.2 Å². The lowest BCUT2D eigenvalue weighted by Gasteiger charge is -2.14. The maximum absolute atomic E-state index is 12.8. The fourth-order valence-corrected chi connectivity index (χ4v) is 1.89. The molecule has 0 amide bonds. The van der Waals surface area contributed by atoms with Crippen LogP contribution >= 0.6 is 0 Å². The van der Waals surface area contributed by atoms with Gasteiger partial charge in [0.15, 0.2) is 0 Å². The lowest BCUT2D eigenvalue weighted by molar-refractivity contribution is 0.281. The summed E-state index contributed by atoms with van der Waals surface area (Å²) in [5.74, 6) is -0.140. The molecule has 3 heteroatoms. The van der Waals surface area contributed by atoms with Gasteiger partial charge in [0, 0.05) is 24.4 Å². The monoisotopic (exact) mass is 219 g/mol. The highest BCUT2D eigenvalue weighted by Crippen LogP contribution is 2.26. The van der Waals surface area contributed by atoms with Gasteiger partial charge in [-0.25, -0.2) is 4.39 Å². The second-order valence-electron chi connectivity index (χ2n) is 3.74. The third-order valence-corrected chi connectivity index (χ3v) is 2.69. The molecule has 2 nitrogen and oxygen atoms in total. The number of H-pyrrole nitrogens is 1. The molecule has 0 fully saturated rings. The van der Waals surface area contributed by atoms with Crippen LogP contribution in [-0.4, -0.2) is 16.7 Å². The van der Waals surface area contributed by atoms with E-state index in [-0.39, 0.29) is 18.3 Å². The van der Waals surface area contributed by atoms with Crippen LogP contribution in [0.15, 0.2) is 42.6 Å². The van der Waals surface area contributed by atoms with Gasteiger partial charge in [0.05, 0.1) is 0 Å². The molecule has 0 aliphatic heterocycles. The Morgan fingerprint density at radius 1 is 1.19 bits per heavy atom. The third-order valence-electron chi connectivity index (χ3n) is 2.69. The van der Waals surface area contributed by atoms with Crippen LogP contribution in [0.3, 0.4) is 0 Å². The standard InChI is InChI=1S/C13H14FNO/c14-11-5-3-10(4-6-11)12(7-9-16)13-2-1-8-15-13/h1-6,8,12,15-16H,7,9H2. The second-order valence-corrected chi connectivity index (χ2v) is 3.74. The molecule has 2 rings (SSSR count). The Morgan fingerprint density at radius 2 is 1.94 bits per heavy atom.